The Kier molecular flexibility index (Phi) is 7.40. The summed E-state index contributed by atoms with van der Waals surface area (Å²) in [5.74, 6) is -2.04. The van der Waals surface area contributed by atoms with Crippen LogP contribution < -0.4 is 0 Å². The van der Waals surface area contributed by atoms with Crippen molar-refractivity contribution in [1.82, 2.24) is 0 Å². The lowest BCUT2D eigenvalue weighted by Crippen LogP contribution is -2.62. The van der Waals surface area contributed by atoms with Gasteiger partial charge in [-0.1, -0.05) is 0 Å². The highest BCUT2D eigenvalue weighted by molar-refractivity contribution is 5.68. The first-order valence-corrected chi connectivity index (χ1v) is 7.19. The maximum atomic E-state index is 11.3. The van der Waals surface area contributed by atoms with Crippen LogP contribution in [0.4, 0.5) is 0 Å². The number of aliphatic hydroxyl groups excluding tert-OH is 1. The molecule has 9 nitrogen and oxygen atoms in total. The first-order chi connectivity index (χ1) is 10.8. The summed E-state index contributed by atoms with van der Waals surface area (Å²) in [7, 11) is 0. The molecular weight excluding hydrogens is 312 g/mol. The van der Waals surface area contributed by atoms with Gasteiger partial charge in [0.05, 0.1) is 6.61 Å². The molecule has 23 heavy (non-hydrogen) atoms. The second-order valence-corrected chi connectivity index (χ2v) is 4.95. The van der Waals surface area contributed by atoms with Crippen LogP contribution in [0.2, 0.25) is 0 Å². The van der Waals surface area contributed by atoms with Gasteiger partial charge in [0.15, 0.2) is 24.6 Å². The highest BCUT2D eigenvalue weighted by atomic mass is 16.7. The van der Waals surface area contributed by atoms with Crippen molar-refractivity contribution in [2.75, 3.05) is 13.2 Å². The van der Waals surface area contributed by atoms with Gasteiger partial charge in [0, 0.05) is 27.4 Å². The zero-order valence-electron chi connectivity index (χ0n) is 13.5. The first-order valence-electron chi connectivity index (χ1n) is 7.19. The summed E-state index contributed by atoms with van der Waals surface area (Å²) in [6.07, 6.45) is -6.06. The van der Waals surface area contributed by atoms with Crippen LogP contribution in [0.5, 0.6) is 0 Å². The largest absolute Gasteiger partial charge is 0.456 e. The predicted molar refractivity (Wildman–Crippen MR) is 74.0 cm³/mol. The second-order valence-electron chi connectivity index (χ2n) is 4.95. The van der Waals surface area contributed by atoms with Crippen LogP contribution in [-0.4, -0.2) is 66.9 Å². The van der Waals surface area contributed by atoms with Gasteiger partial charge in [-0.3, -0.25) is 14.4 Å². The molecule has 0 radical (unpaired) electrons. The van der Waals surface area contributed by atoms with Crippen LogP contribution in [0.25, 0.3) is 0 Å². The molecule has 1 rings (SSSR count). The van der Waals surface area contributed by atoms with Gasteiger partial charge in [-0.15, -0.1) is 0 Å². The van der Waals surface area contributed by atoms with E-state index in [1.54, 1.807) is 6.92 Å². The van der Waals surface area contributed by atoms with Gasteiger partial charge in [0.1, 0.15) is 6.10 Å². The fourth-order valence-electron chi connectivity index (χ4n) is 2.24. The molecule has 1 aliphatic rings. The summed E-state index contributed by atoms with van der Waals surface area (Å²) in [4.78, 5) is 33.9. The van der Waals surface area contributed by atoms with Crippen molar-refractivity contribution in [2.45, 2.75) is 58.4 Å². The van der Waals surface area contributed by atoms with Crippen molar-refractivity contribution >= 4 is 17.9 Å². The molecule has 132 valence electrons. The lowest BCUT2D eigenvalue weighted by molar-refractivity contribution is -0.297. The van der Waals surface area contributed by atoms with E-state index in [1.807, 2.05) is 0 Å². The topological polar surface area (TPSA) is 118 Å². The summed E-state index contributed by atoms with van der Waals surface area (Å²) >= 11 is 0. The lowest BCUT2D eigenvalue weighted by Gasteiger charge is -2.42. The maximum Gasteiger partial charge on any atom is 0.303 e. The maximum absolute atomic E-state index is 11.3. The van der Waals surface area contributed by atoms with Crippen molar-refractivity contribution < 1.29 is 43.2 Å². The Balaban J connectivity index is 3.08. The molecule has 0 unspecified atom stereocenters. The minimum absolute atomic E-state index is 0.00391. The van der Waals surface area contributed by atoms with E-state index < -0.39 is 48.6 Å². The predicted octanol–water partition coefficient (Wildman–Crippen LogP) is -0.465. The molecule has 0 amide bonds. The first kappa shape index (κ1) is 19.3. The molecule has 0 spiro atoms. The van der Waals surface area contributed by atoms with E-state index in [-0.39, 0.29) is 6.61 Å². The van der Waals surface area contributed by atoms with Crippen molar-refractivity contribution in [2.24, 2.45) is 0 Å². The third kappa shape index (κ3) is 5.77. The van der Waals surface area contributed by atoms with Gasteiger partial charge >= 0.3 is 17.9 Å². The van der Waals surface area contributed by atoms with Crippen molar-refractivity contribution in [1.29, 1.82) is 0 Å². The summed E-state index contributed by atoms with van der Waals surface area (Å²) in [6, 6.07) is 0. The van der Waals surface area contributed by atoms with Crippen LogP contribution in [0.3, 0.4) is 0 Å². The zero-order chi connectivity index (χ0) is 17.6. The quantitative estimate of drug-likeness (QED) is 0.508. The van der Waals surface area contributed by atoms with Gasteiger partial charge in [0.2, 0.25) is 0 Å². The smallest absolute Gasteiger partial charge is 0.303 e. The van der Waals surface area contributed by atoms with E-state index in [9.17, 15) is 19.5 Å². The minimum Gasteiger partial charge on any atom is -0.456 e. The Labute approximate surface area is 133 Å². The van der Waals surface area contributed by atoms with E-state index in [1.165, 1.54) is 6.92 Å². The van der Waals surface area contributed by atoms with Crippen molar-refractivity contribution in [3.8, 4) is 0 Å². The van der Waals surface area contributed by atoms with E-state index in [0.717, 1.165) is 13.8 Å². The molecule has 0 aromatic heterocycles. The van der Waals surface area contributed by atoms with Crippen LogP contribution in [0.1, 0.15) is 27.7 Å². The van der Waals surface area contributed by atoms with E-state index in [4.69, 9.17) is 23.7 Å². The van der Waals surface area contributed by atoms with E-state index in [2.05, 4.69) is 0 Å². The van der Waals surface area contributed by atoms with Crippen LogP contribution in [-0.2, 0) is 38.1 Å². The number of carbonyl (C=O) groups excluding carboxylic acids is 3. The molecule has 0 aliphatic carbocycles. The summed E-state index contributed by atoms with van der Waals surface area (Å²) in [5, 5.41) is 10.0. The molecule has 5 atom stereocenters. The molecule has 0 aromatic carbocycles. The molecule has 1 fully saturated rings. The molecule has 1 N–H and O–H groups in total. The third-order valence-corrected chi connectivity index (χ3v) is 3.00. The Morgan fingerprint density at radius 1 is 0.913 bits per heavy atom. The number of carbonyl (C=O) groups is 3. The minimum atomic E-state index is -1.56. The van der Waals surface area contributed by atoms with E-state index in [0.29, 0.717) is 6.61 Å². The zero-order valence-corrected chi connectivity index (χ0v) is 13.5. The Morgan fingerprint density at radius 2 is 1.39 bits per heavy atom. The van der Waals surface area contributed by atoms with Gasteiger partial charge in [0.25, 0.3) is 0 Å². The van der Waals surface area contributed by atoms with E-state index >= 15 is 0 Å². The van der Waals surface area contributed by atoms with Gasteiger partial charge in [-0.25, -0.2) is 0 Å². The number of ether oxygens (including phenoxy) is 5. The van der Waals surface area contributed by atoms with Gasteiger partial charge in [-0.05, 0) is 6.92 Å². The Bertz CT molecular complexity index is 436. The second kappa shape index (κ2) is 8.80. The fraction of sp³-hybridized carbons (Fsp3) is 0.786. The Morgan fingerprint density at radius 3 is 1.87 bits per heavy atom. The van der Waals surface area contributed by atoms with Crippen LogP contribution in [0, 0.1) is 0 Å². The number of hydrogen-bond acceptors (Lipinski definition) is 9. The highest BCUT2D eigenvalue weighted by Gasteiger charge is 2.51. The summed E-state index contributed by atoms with van der Waals surface area (Å²) in [5.41, 5.74) is 0. The summed E-state index contributed by atoms with van der Waals surface area (Å²) < 4.78 is 25.8. The van der Waals surface area contributed by atoms with Gasteiger partial charge in [-0.2, -0.15) is 0 Å². The van der Waals surface area contributed by atoms with Crippen molar-refractivity contribution in [3.63, 3.8) is 0 Å². The summed E-state index contributed by atoms with van der Waals surface area (Å²) in [6.45, 7) is 5.57. The molecule has 1 heterocycles. The van der Waals surface area contributed by atoms with Gasteiger partial charge < -0.3 is 28.8 Å². The van der Waals surface area contributed by atoms with Crippen LogP contribution in [0.15, 0.2) is 0 Å². The highest BCUT2D eigenvalue weighted by Crippen LogP contribution is 2.28. The normalized spacial score (nSPS) is 30.4. The SMILES string of the molecule is CCOC[C@H]1O[C@H](O)[C@H](OC(C)=O)[C@@H](OC(C)=O)[C@@H]1OC(C)=O. The lowest BCUT2D eigenvalue weighted by atomic mass is 9.98. The average molecular weight is 334 g/mol. The number of rotatable bonds is 6. The molecule has 1 saturated heterocycles. The molecule has 1 aliphatic heterocycles. The van der Waals surface area contributed by atoms with Crippen LogP contribution >= 0.6 is 0 Å². The molecule has 0 aromatic rings. The molecule has 9 heteroatoms. The molecule has 0 saturated carbocycles. The molecular formula is C14H22O9. The average Bonchev–Trinajstić information content (AvgIpc) is 2.42. The third-order valence-electron chi connectivity index (χ3n) is 3.00. The molecule has 0 bridgehead atoms. The Hall–Kier alpha value is -1.71. The van der Waals surface area contributed by atoms with Crippen molar-refractivity contribution in [3.05, 3.63) is 0 Å². The monoisotopic (exact) mass is 334 g/mol. The number of aliphatic hydroxyl groups is 1. The standard InChI is InChI=1S/C14H22O9/c1-5-19-6-10-11(20-7(2)15)12(21-8(3)16)13(14(18)23-10)22-9(4)17/h10-14,18H,5-6H2,1-4H3/t10-,11-,12+,13-,14+/m1/s1. The number of esters is 3. The number of hydrogen-bond donors (Lipinski definition) is 1. The fourth-order valence-corrected chi connectivity index (χ4v) is 2.24.